The van der Waals surface area contributed by atoms with Crippen molar-refractivity contribution in [3.05, 3.63) is 39.4 Å². The third-order valence-electron chi connectivity index (χ3n) is 2.38. The van der Waals surface area contributed by atoms with E-state index >= 15 is 0 Å². The zero-order valence-corrected chi connectivity index (χ0v) is 9.93. The second-order valence-electron chi connectivity index (χ2n) is 3.56. The second-order valence-corrected chi connectivity index (χ2v) is 3.56. The fraction of sp³-hybridized carbons (Fsp3) is 0.417. The average molecular weight is 237 g/mol. The Hall–Kier alpha value is -1.91. The molecule has 92 valence electrons. The number of esters is 1. The maximum Gasteiger partial charge on any atom is 0.310 e. The largest absolute Gasteiger partial charge is 0.466 e. The summed E-state index contributed by atoms with van der Waals surface area (Å²) in [5.41, 5.74) is 1.47. The molecule has 0 radical (unpaired) electrons. The van der Waals surface area contributed by atoms with Gasteiger partial charge in [-0.2, -0.15) is 0 Å². The fourth-order valence-corrected chi connectivity index (χ4v) is 1.59. The molecule has 0 saturated heterocycles. The van der Waals surface area contributed by atoms with Crippen LogP contribution in [0.15, 0.2) is 18.2 Å². The Kier molecular flexibility index (Phi) is 4.63. The van der Waals surface area contributed by atoms with Gasteiger partial charge >= 0.3 is 5.97 Å². The predicted molar refractivity (Wildman–Crippen MR) is 62.8 cm³/mol. The molecule has 0 heterocycles. The number of nitro groups is 1. The number of nitro benzene ring substituents is 1. The fourth-order valence-electron chi connectivity index (χ4n) is 1.59. The van der Waals surface area contributed by atoms with Crippen LogP contribution < -0.4 is 0 Å². The van der Waals surface area contributed by atoms with Crippen molar-refractivity contribution in [2.45, 2.75) is 26.7 Å². The van der Waals surface area contributed by atoms with Crippen molar-refractivity contribution in [2.24, 2.45) is 0 Å². The van der Waals surface area contributed by atoms with Gasteiger partial charge in [-0.05, 0) is 25.0 Å². The molecular formula is C12H15NO4. The van der Waals surface area contributed by atoms with Gasteiger partial charge in [0.05, 0.1) is 18.0 Å². The van der Waals surface area contributed by atoms with E-state index in [2.05, 4.69) is 0 Å². The number of rotatable bonds is 5. The monoisotopic (exact) mass is 237 g/mol. The molecular weight excluding hydrogens is 222 g/mol. The molecule has 0 fully saturated rings. The lowest BCUT2D eigenvalue weighted by Crippen LogP contribution is -2.08. The normalized spacial score (nSPS) is 10.0. The molecule has 0 spiro atoms. The summed E-state index contributed by atoms with van der Waals surface area (Å²) in [7, 11) is 0. The van der Waals surface area contributed by atoms with Crippen LogP contribution in [0.5, 0.6) is 0 Å². The van der Waals surface area contributed by atoms with Gasteiger partial charge in [0.2, 0.25) is 0 Å². The summed E-state index contributed by atoms with van der Waals surface area (Å²) in [5, 5.41) is 10.7. The first kappa shape index (κ1) is 13.2. The van der Waals surface area contributed by atoms with Gasteiger partial charge in [-0.15, -0.1) is 0 Å². The Balaban J connectivity index is 2.90. The number of benzene rings is 1. The van der Waals surface area contributed by atoms with Crippen LogP contribution in [0.25, 0.3) is 0 Å². The van der Waals surface area contributed by atoms with Gasteiger partial charge < -0.3 is 4.74 Å². The third-order valence-corrected chi connectivity index (χ3v) is 2.38. The molecule has 0 aliphatic rings. The molecule has 0 aliphatic heterocycles. The molecule has 0 bridgehead atoms. The molecule has 0 N–H and O–H groups in total. The number of ether oxygens (including phenoxy) is 1. The summed E-state index contributed by atoms with van der Waals surface area (Å²) < 4.78 is 4.82. The lowest BCUT2D eigenvalue weighted by molar-refractivity contribution is -0.385. The van der Waals surface area contributed by atoms with Crippen molar-refractivity contribution in [1.29, 1.82) is 0 Å². The van der Waals surface area contributed by atoms with Crippen LogP contribution in [0.4, 0.5) is 5.69 Å². The summed E-state index contributed by atoms with van der Waals surface area (Å²) in [6.45, 7) is 3.92. The Morgan fingerprint density at radius 1 is 1.41 bits per heavy atom. The van der Waals surface area contributed by atoms with Crippen LogP contribution in [0.2, 0.25) is 0 Å². The van der Waals surface area contributed by atoms with Crippen LogP contribution in [-0.2, 0) is 22.4 Å². The topological polar surface area (TPSA) is 69.4 Å². The maximum atomic E-state index is 11.3. The van der Waals surface area contributed by atoms with Gasteiger partial charge in [0.15, 0.2) is 0 Å². The van der Waals surface area contributed by atoms with Crippen LogP contribution in [0.1, 0.15) is 25.0 Å². The molecule has 0 amide bonds. The van der Waals surface area contributed by atoms with E-state index in [1.54, 1.807) is 19.1 Å². The van der Waals surface area contributed by atoms with Gasteiger partial charge in [0.1, 0.15) is 0 Å². The van der Waals surface area contributed by atoms with E-state index in [-0.39, 0.29) is 18.1 Å². The summed E-state index contributed by atoms with van der Waals surface area (Å²) >= 11 is 0. The Labute approximate surface area is 99.5 Å². The summed E-state index contributed by atoms with van der Waals surface area (Å²) in [4.78, 5) is 21.6. The van der Waals surface area contributed by atoms with Crippen molar-refractivity contribution in [2.75, 3.05) is 6.61 Å². The molecule has 0 saturated carbocycles. The molecule has 1 aromatic carbocycles. The molecule has 0 unspecified atom stereocenters. The Morgan fingerprint density at radius 2 is 2.12 bits per heavy atom. The number of hydrogen-bond donors (Lipinski definition) is 0. The Morgan fingerprint density at radius 3 is 2.65 bits per heavy atom. The second kappa shape index (κ2) is 5.98. The van der Waals surface area contributed by atoms with E-state index in [4.69, 9.17) is 4.74 Å². The maximum absolute atomic E-state index is 11.3. The lowest BCUT2D eigenvalue weighted by atomic mass is 10.0. The number of carbonyl (C=O) groups is 1. The highest BCUT2D eigenvalue weighted by molar-refractivity contribution is 5.72. The number of aryl methyl sites for hydroxylation is 1. The van der Waals surface area contributed by atoms with E-state index in [0.717, 1.165) is 5.56 Å². The highest BCUT2D eigenvalue weighted by atomic mass is 16.6. The van der Waals surface area contributed by atoms with Crippen molar-refractivity contribution < 1.29 is 14.5 Å². The van der Waals surface area contributed by atoms with Gasteiger partial charge in [-0.25, -0.2) is 0 Å². The molecule has 17 heavy (non-hydrogen) atoms. The van der Waals surface area contributed by atoms with E-state index in [1.807, 2.05) is 6.92 Å². The van der Waals surface area contributed by atoms with Crippen molar-refractivity contribution in [1.82, 2.24) is 0 Å². The quantitative estimate of drug-likeness (QED) is 0.447. The minimum atomic E-state index is -0.410. The SMILES string of the molecule is CCOC(=O)Cc1ccc([N+](=O)[O-])c(CC)c1. The first-order chi connectivity index (χ1) is 8.08. The minimum absolute atomic E-state index is 0.0973. The molecule has 0 aromatic heterocycles. The van der Waals surface area contributed by atoms with Crippen LogP contribution >= 0.6 is 0 Å². The summed E-state index contributed by atoms with van der Waals surface area (Å²) in [6, 6.07) is 4.72. The van der Waals surface area contributed by atoms with Gasteiger partial charge in [-0.3, -0.25) is 14.9 Å². The molecule has 0 atom stereocenters. The first-order valence-corrected chi connectivity index (χ1v) is 5.50. The first-order valence-electron chi connectivity index (χ1n) is 5.50. The van der Waals surface area contributed by atoms with E-state index in [9.17, 15) is 14.9 Å². The van der Waals surface area contributed by atoms with E-state index in [0.29, 0.717) is 18.6 Å². The van der Waals surface area contributed by atoms with Gasteiger partial charge in [0, 0.05) is 11.6 Å². The zero-order chi connectivity index (χ0) is 12.8. The van der Waals surface area contributed by atoms with Crippen LogP contribution in [-0.4, -0.2) is 17.5 Å². The summed E-state index contributed by atoms with van der Waals surface area (Å²) in [6.07, 6.45) is 0.714. The molecule has 1 aromatic rings. The van der Waals surface area contributed by atoms with Crippen molar-refractivity contribution >= 4 is 11.7 Å². The van der Waals surface area contributed by atoms with Crippen molar-refractivity contribution in [3.8, 4) is 0 Å². The zero-order valence-electron chi connectivity index (χ0n) is 9.93. The summed E-state index contributed by atoms with van der Waals surface area (Å²) in [5.74, 6) is -0.316. The molecule has 5 heteroatoms. The van der Waals surface area contributed by atoms with E-state index in [1.165, 1.54) is 6.07 Å². The highest BCUT2D eigenvalue weighted by Gasteiger charge is 2.13. The molecule has 0 aliphatic carbocycles. The van der Waals surface area contributed by atoms with Crippen LogP contribution in [0.3, 0.4) is 0 Å². The van der Waals surface area contributed by atoms with Crippen LogP contribution in [0, 0.1) is 10.1 Å². The Bertz CT molecular complexity index is 429. The number of nitrogens with zero attached hydrogens (tertiary/aromatic N) is 1. The third kappa shape index (κ3) is 3.55. The predicted octanol–water partition coefficient (Wildman–Crippen LogP) is 2.26. The lowest BCUT2D eigenvalue weighted by Gasteiger charge is -2.05. The average Bonchev–Trinajstić information content (AvgIpc) is 2.28. The standard InChI is InChI=1S/C12H15NO4/c1-3-10-7-9(8-12(14)17-4-2)5-6-11(10)13(15)16/h5-7H,3-4,8H2,1-2H3. The molecule has 5 nitrogen and oxygen atoms in total. The minimum Gasteiger partial charge on any atom is -0.466 e. The van der Waals surface area contributed by atoms with E-state index < -0.39 is 4.92 Å². The van der Waals surface area contributed by atoms with Crippen molar-refractivity contribution in [3.63, 3.8) is 0 Å². The number of hydrogen-bond acceptors (Lipinski definition) is 4. The molecule has 1 rings (SSSR count). The smallest absolute Gasteiger partial charge is 0.310 e. The van der Waals surface area contributed by atoms with Gasteiger partial charge in [0.25, 0.3) is 5.69 Å². The van der Waals surface area contributed by atoms with Gasteiger partial charge in [-0.1, -0.05) is 13.0 Å². The number of carbonyl (C=O) groups excluding carboxylic acids is 1. The highest BCUT2D eigenvalue weighted by Crippen LogP contribution is 2.20.